The van der Waals surface area contributed by atoms with Crippen LogP contribution in [0.25, 0.3) is 0 Å². The number of hydrogen-bond donors (Lipinski definition) is 2. The van der Waals surface area contributed by atoms with Gasteiger partial charge in [-0.15, -0.1) is 0 Å². The van der Waals surface area contributed by atoms with Crippen LogP contribution in [-0.4, -0.2) is 11.1 Å². The summed E-state index contributed by atoms with van der Waals surface area (Å²) in [4.78, 5) is 11.4. The number of rotatable bonds is 4. The number of nitrogen functional groups attached to an aromatic ring is 1. The number of carbonyl (C=O) groups is 1. The summed E-state index contributed by atoms with van der Waals surface area (Å²) >= 11 is 6.25. The molecule has 0 spiro atoms. The highest BCUT2D eigenvalue weighted by Crippen LogP contribution is 2.39. The van der Waals surface area contributed by atoms with E-state index >= 15 is 0 Å². The monoisotopic (exact) mass is 305 g/mol. The number of benzene rings is 2. The zero-order chi connectivity index (χ0) is 15.6. The van der Waals surface area contributed by atoms with E-state index in [2.05, 4.69) is 0 Å². The van der Waals surface area contributed by atoms with E-state index in [1.165, 1.54) is 0 Å². The van der Waals surface area contributed by atoms with Gasteiger partial charge in [-0.2, -0.15) is 0 Å². The van der Waals surface area contributed by atoms with E-state index in [-0.39, 0.29) is 23.6 Å². The van der Waals surface area contributed by atoms with Crippen LogP contribution < -0.4 is 10.5 Å². The van der Waals surface area contributed by atoms with Gasteiger partial charge in [-0.25, -0.2) is 4.79 Å². The first kappa shape index (κ1) is 15.2. The molecule has 0 radical (unpaired) electrons. The number of carboxylic acids is 1. The van der Waals surface area contributed by atoms with Crippen molar-refractivity contribution in [1.29, 1.82) is 0 Å². The first-order chi connectivity index (χ1) is 9.93. The maximum atomic E-state index is 11.4. The zero-order valence-electron chi connectivity index (χ0n) is 11.8. The first-order valence-corrected chi connectivity index (χ1v) is 6.79. The minimum absolute atomic E-state index is 0.0416. The smallest absolute Gasteiger partial charge is 0.338 e. The van der Waals surface area contributed by atoms with Gasteiger partial charge in [0.15, 0.2) is 5.75 Å². The zero-order valence-corrected chi connectivity index (χ0v) is 12.6. The van der Waals surface area contributed by atoms with Gasteiger partial charge < -0.3 is 15.6 Å². The van der Waals surface area contributed by atoms with Crippen molar-refractivity contribution in [2.24, 2.45) is 0 Å². The molecule has 2 aromatic carbocycles. The lowest BCUT2D eigenvalue weighted by molar-refractivity contribution is 0.0696. The first-order valence-electron chi connectivity index (χ1n) is 6.41. The molecule has 0 aromatic heterocycles. The Labute approximate surface area is 128 Å². The van der Waals surface area contributed by atoms with Crippen molar-refractivity contribution in [3.8, 4) is 5.75 Å². The molecule has 0 unspecified atom stereocenters. The molecule has 0 atom stereocenters. The van der Waals surface area contributed by atoms with Crippen molar-refractivity contribution in [3.63, 3.8) is 0 Å². The molecule has 0 fully saturated rings. The van der Waals surface area contributed by atoms with Gasteiger partial charge in [0.1, 0.15) is 6.61 Å². The highest BCUT2D eigenvalue weighted by atomic mass is 35.5. The van der Waals surface area contributed by atoms with E-state index in [1.54, 1.807) is 13.8 Å². The quantitative estimate of drug-likeness (QED) is 0.842. The Morgan fingerprint density at radius 3 is 2.43 bits per heavy atom. The Balaban J connectivity index is 2.41. The molecule has 3 N–H and O–H groups in total. The van der Waals surface area contributed by atoms with Gasteiger partial charge in [0.2, 0.25) is 0 Å². The maximum Gasteiger partial charge on any atom is 0.338 e. The fraction of sp³-hybridized carbons (Fsp3) is 0.188. The molecule has 110 valence electrons. The fourth-order valence-electron chi connectivity index (χ4n) is 2.10. The summed E-state index contributed by atoms with van der Waals surface area (Å²) in [5, 5.41) is 9.65. The highest BCUT2D eigenvalue weighted by Gasteiger charge is 2.22. The molecule has 0 amide bonds. The summed E-state index contributed by atoms with van der Waals surface area (Å²) in [6, 6.07) is 9.51. The van der Waals surface area contributed by atoms with Gasteiger partial charge in [0.05, 0.1) is 16.3 Å². The van der Waals surface area contributed by atoms with Crippen LogP contribution in [0, 0.1) is 13.8 Å². The van der Waals surface area contributed by atoms with E-state index in [0.29, 0.717) is 16.1 Å². The summed E-state index contributed by atoms with van der Waals surface area (Å²) in [5.74, 6) is -0.865. The number of ether oxygens (including phenoxy) is 1. The maximum absolute atomic E-state index is 11.4. The highest BCUT2D eigenvalue weighted by molar-refractivity contribution is 6.33. The summed E-state index contributed by atoms with van der Waals surface area (Å²) in [5.41, 5.74) is 8.19. The van der Waals surface area contributed by atoms with Crippen LogP contribution in [-0.2, 0) is 6.61 Å². The average Bonchev–Trinajstić information content (AvgIpc) is 2.46. The molecule has 0 saturated carbocycles. The van der Waals surface area contributed by atoms with Crippen LogP contribution in [0.1, 0.15) is 27.0 Å². The second-order valence-corrected chi connectivity index (χ2v) is 5.14. The predicted octanol–water partition coefficient (Wildman–Crippen LogP) is 3.82. The molecule has 4 nitrogen and oxygen atoms in total. The van der Waals surface area contributed by atoms with Crippen LogP contribution in [0.15, 0.2) is 30.3 Å². The summed E-state index contributed by atoms with van der Waals surface area (Å²) in [7, 11) is 0. The topological polar surface area (TPSA) is 72.5 Å². The summed E-state index contributed by atoms with van der Waals surface area (Å²) < 4.78 is 5.66. The number of halogens is 1. The standard InChI is InChI=1S/C16H16ClNO3/c1-9-10(2)13(17)15(14(18)12(9)16(19)20)21-8-11-6-4-3-5-7-11/h3-7H,8,18H2,1-2H3,(H,19,20). The minimum atomic E-state index is -1.09. The molecule has 0 aliphatic carbocycles. The van der Waals surface area contributed by atoms with E-state index in [1.807, 2.05) is 30.3 Å². The molecule has 0 saturated heterocycles. The molecule has 21 heavy (non-hydrogen) atoms. The van der Waals surface area contributed by atoms with Crippen molar-refractivity contribution in [3.05, 3.63) is 57.6 Å². The minimum Gasteiger partial charge on any atom is -0.485 e. The van der Waals surface area contributed by atoms with E-state index in [0.717, 1.165) is 5.56 Å². The lowest BCUT2D eigenvalue weighted by Gasteiger charge is -2.17. The second kappa shape index (κ2) is 6.06. The third kappa shape index (κ3) is 2.95. The summed E-state index contributed by atoms with van der Waals surface area (Å²) in [6.45, 7) is 3.70. The fourth-order valence-corrected chi connectivity index (χ4v) is 2.40. The lowest BCUT2D eigenvalue weighted by Crippen LogP contribution is -2.10. The van der Waals surface area contributed by atoms with Gasteiger partial charge >= 0.3 is 5.97 Å². The van der Waals surface area contributed by atoms with Crippen molar-refractivity contribution >= 4 is 23.3 Å². The molecular weight excluding hydrogens is 290 g/mol. The Kier molecular flexibility index (Phi) is 4.38. The van der Waals surface area contributed by atoms with E-state index in [4.69, 9.17) is 22.1 Å². The number of aromatic carboxylic acids is 1. The van der Waals surface area contributed by atoms with Crippen molar-refractivity contribution in [2.75, 3.05) is 5.73 Å². The van der Waals surface area contributed by atoms with Crippen LogP contribution in [0.4, 0.5) is 5.69 Å². The Bertz CT molecular complexity index is 684. The molecular formula is C16H16ClNO3. The third-order valence-corrected chi connectivity index (χ3v) is 3.88. The largest absolute Gasteiger partial charge is 0.485 e. The molecule has 0 heterocycles. The second-order valence-electron chi connectivity index (χ2n) is 4.76. The van der Waals surface area contributed by atoms with Gasteiger partial charge in [-0.05, 0) is 30.5 Å². The van der Waals surface area contributed by atoms with Crippen LogP contribution in [0.3, 0.4) is 0 Å². The number of hydrogen-bond acceptors (Lipinski definition) is 3. The van der Waals surface area contributed by atoms with Crippen LogP contribution in [0.2, 0.25) is 5.02 Å². The molecule has 0 bridgehead atoms. The Morgan fingerprint density at radius 1 is 1.24 bits per heavy atom. The predicted molar refractivity (Wildman–Crippen MR) is 83.1 cm³/mol. The Morgan fingerprint density at radius 2 is 1.86 bits per heavy atom. The molecule has 2 rings (SSSR count). The van der Waals surface area contributed by atoms with Gasteiger partial charge in [-0.3, -0.25) is 0 Å². The number of nitrogens with two attached hydrogens (primary N) is 1. The van der Waals surface area contributed by atoms with Crippen molar-refractivity contribution in [1.82, 2.24) is 0 Å². The van der Waals surface area contributed by atoms with Gasteiger partial charge in [0, 0.05) is 0 Å². The SMILES string of the molecule is Cc1c(C)c(C(=O)O)c(N)c(OCc2ccccc2)c1Cl. The molecule has 0 aliphatic rings. The number of carboxylic acid groups (broad SMARTS) is 1. The van der Waals surface area contributed by atoms with Gasteiger partial charge in [-0.1, -0.05) is 41.9 Å². The van der Waals surface area contributed by atoms with Crippen LogP contribution >= 0.6 is 11.6 Å². The summed E-state index contributed by atoms with van der Waals surface area (Å²) in [6.07, 6.45) is 0. The third-order valence-electron chi connectivity index (χ3n) is 3.42. The van der Waals surface area contributed by atoms with E-state index < -0.39 is 5.97 Å². The van der Waals surface area contributed by atoms with Crippen LogP contribution in [0.5, 0.6) is 5.75 Å². The normalized spacial score (nSPS) is 10.4. The van der Waals surface area contributed by atoms with E-state index in [9.17, 15) is 9.90 Å². The lowest BCUT2D eigenvalue weighted by atomic mass is 10.0. The van der Waals surface area contributed by atoms with Crippen molar-refractivity contribution < 1.29 is 14.6 Å². The Hall–Kier alpha value is -2.20. The molecule has 2 aromatic rings. The van der Waals surface area contributed by atoms with Crippen molar-refractivity contribution in [2.45, 2.75) is 20.5 Å². The molecule has 0 aliphatic heterocycles. The molecule has 5 heteroatoms. The average molecular weight is 306 g/mol. The number of anilines is 1. The van der Waals surface area contributed by atoms with Gasteiger partial charge in [0.25, 0.3) is 0 Å².